The quantitative estimate of drug-likeness (QED) is 0.485. The van der Waals surface area contributed by atoms with Gasteiger partial charge >= 0.3 is 0 Å². The van der Waals surface area contributed by atoms with Crippen molar-refractivity contribution in [2.75, 3.05) is 20.7 Å². The van der Waals surface area contributed by atoms with Gasteiger partial charge in [-0.15, -0.1) is 0 Å². The first kappa shape index (κ1) is 13.8. The number of hydrogen-bond acceptors (Lipinski definition) is 4. The summed E-state index contributed by atoms with van der Waals surface area (Å²) in [5, 5.41) is 23.6. The minimum Gasteiger partial charge on any atom is -0.633 e. The van der Waals surface area contributed by atoms with Crippen molar-refractivity contribution in [3.05, 3.63) is 40.6 Å². The van der Waals surface area contributed by atoms with Crippen LogP contribution in [0.1, 0.15) is 17.5 Å². The zero-order chi connectivity index (χ0) is 16.0. The normalized spacial score (nSPS) is 45.4. The fraction of sp³-hybridized carbons (Fsp3) is 0.556. The first-order valence-electron chi connectivity index (χ1n) is 8.28. The maximum Gasteiger partial charge on any atom is 0.165 e. The SMILES string of the molecule is COc1ccc2c3c1OC1C(O)C=CC4C(C2)[N+](C)([O-])CCC341. The number of nitrogens with zero attached hydrogens (tertiary/aromatic N) is 1. The Bertz CT molecular complexity index is 728. The zero-order valence-corrected chi connectivity index (χ0v) is 13.4. The van der Waals surface area contributed by atoms with Gasteiger partial charge in [-0.2, -0.15) is 0 Å². The number of quaternary nitrogens is 1. The van der Waals surface area contributed by atoms with Gasteiger partial charge < -0.3 is 24.4 Å². The zero-order valence-electron chi connectivity index (χ0n) is 13.4. The van der Waals surface area contributed by atoms with Gasteiger partial charge in [0.25, 0.3) is 0 Å². The van der Waals surface area contributed by atoms with Gasteiger partial charge in [-0.3, -0.25) is 0 Å². The van der Waals surface area contributed by atoms with Crippen LogP contribution in [0.5, 0.6) is 11.5 Å². The molecule has 1 aromatic rings. The number of methoxy groups -OCH3 is 1. The van der Waals surface area contributed by atoms with Crippen molar-refractivity contribution in [3.63, 3.8) is 0 Å². The topological polar surface area (TPSA) is 61.8 Å². The van der Waals surface area contributed by atoms with Crippen molar-refractivity contribution in [2.24, 2.45) is 5.92 Å². The number of ether oxygens (including phenoxy) is 2. The number of aliphatic hydroxyl groups excluding tert-OH is 1. The minimum atomic E-state index is -0.640. The van der Waals surface area contributed by atoms with Gasteiger partial charge in [-0.05, 0) is 11.6 Å². The molecule has 4 aliphatic rings. The number of likely N-dealkylation sites (tertiary alicyclic amines) is 1. The molecular formula is C18H21NO4. The van der Waals surface area contributed by atoms with Crippen LogP contribution in [-0.4, -0.2) is 48.7 Å². The second-order valence-electron chi connectivity index (χ2n) is 7.53. The van der Waals surface area contributed by atoms with E-state index in [-0.39, 0.29) is 28.1 Å². The third-order valence-corrected chi connectivity index (χ3v) is 6.58. The molecule has 0 radical (unpaired) electrons. The molecule has 2 bridgehead atoms. The lowest BCUT2D eigenvalue weighted by atomic mass is 9.53. The predicted molar refractivity (Wildman–Crippen MR) is 84.3 cm³/mol. The molecule has 0 amide bonds. The van der Waals surface area contributed by atoms with Crippen LogP contribution in [0.2, 0.25) is 0 Å². The van der Waals surface area contributed by atoms with Crippen molar-refractivity contribution >= 4 is 0 Å². The highest BCUT2D eigenvalue weighted by Crippen LogP contribution is 2.63. The molecule has 1 saturated heterocycles. The number of hydrogen-bond donors (Lipinski definition) is 1. The van der Waals surface area contributed by atoms with Crippen molar-refractivity contribution in [2.45, 2.75) is 36.5 Å². The standard InChI is InChI=1S/C18H21NO4/c1-19(21)8-7-18-11-4-5-13(20)17(18)23-16-14(22-2)6-3-10(15(16)18)9-12(11)19/h3-6,11-13,17,20H,7-9H2,1-2H3. The molecule has 0 aromatic heterocycles. The Morgan fingerprint density at radius 3 is 3.00 bits per heavy atom. The first-order valence-corrected chi connectivity index (χ1v) is 8.28. The van der Waals surface area contributed by atoms with Crippen LogP contribution in [0.4, 0.5) is 0 Å². The van der Waals surface area contributed by atoms with Crippen molar-refractivity contribution in [3.8, 4) is 11.5 Å². The molecule has 2 aliphatic heterocycles. The molecule has 0 saturated carbocycles. The largest absolute Gasteiger partial charge is 0.633 e. The maximum absolute atomic E-state index is 13.0. The van der Waals surface area contributed by atoms with Crippen LogP contribution >= 0.6 is 0 Å². The number of likely N-dealkylation sites (N-methyl/N-ethyl adjacent to an activating group) is 1. The Kier molecular flexibility index (Phi) is 2.46. The molecule has 1 spiro atoms. The lowest BCUT2D eigenvalue weighted by Crippen LogP contribution is -2.69. The third kappa shape index (κ3) is 1.44. The van der Waals surface area contributed by atoms with Crippen molar-refractivity contribution < 1.29 is 19.2 Å². The Morgan fingerprint density at radius 1 is 1.39 bits per heavy atom. The van der Waals surface area contributed by atoms with Crippen LogP contribution in [0.15, 0.2) is 24.3 Å². The number of rotatable bonds is 1. The lowest BCUT2D eigenvalue weighted by molar-refractivity contribution is -0.898. The van der Waals surface area contributed by atoms with Crippen LogP contribution in [0.3, 0.4) is 0 Å². The predicted octanol–water partition coefficient (Wildman–Crippen LogP) is 1.51. The molecule has 2 aliphatic carbocycles. The molecule has 1 aromatic carbocycles. The van der Waals surface area contributed by atoms with E-state index in [1.54, 1.807) is 14.2 Å². The van der Waals surface area contributed by atoms with E-state index in [2.05, 4.69) is 12.1 Å². The van der Waals surface area contributed by atoms with E-state index in [4.69, 9.17) is 9.47 Å². The molecule has 5 rings (SSSR count). The lowest BCUT2D eigenvalue weighted by Gasteiger charge is -2.61. The summed E-state index contributed by atoms with van der Waals surface area (Å²) in [6.07, 6.45) is 4.43. The summed E-state index contributed by atoms with van der Waals surface area (Å²) in [5.41, 5.74) is 2.09. The van der Waals surface area contributed by atoms with Gasteiger partial charge in [0, 0.05) is 24.3 Å². The fourth-order valence-corrected chi connectivity index (χ4v) is 5.54. The summed E-state index contributed by atoms with van der Waals surface area (Å²) in [6.45, 7) is 0.567. The summed E-state index contributed by atoms with van der Waals surface area (Å²) in [6, 6.07) is 3.99. The highest BCUT2D eigenvalue weighted by molar-refractivity contribution is 5.61. The Morgan fingerprint density at radius 2 is 2.22 bits per heavy atom. The van der Waals surface area contributed by atoms with E-state index in [9.17, 15) is 10.3 Å². The summed E-state index contributed by atoms with van der Waals surface area (Å²) in [7, 11) is 3.43. The smallest absolute Gasteiger partial charge is 0.165 e. The van der Waals surface area contributed by atoms with Gasteiger partial charge in [0.1, 0.15) is 12.2 Å². The number of benzene rings is 1. The average Bonchev–Trinajstić information content (AvgIpc) is 2.88. The highest BCUT2D eigenvalue weighted by atomic mass is 16.5. The second kappa shape index (κ2) is 4.09. The molecule has 23 heavy (non-hydrogen) atoms. The van der Waals surface area contributed by atoms with E-state index >= 15 is 0 Å². The van der Waals surface area contributed by atoms with E-state index < -0.39 is 6.10 Å². The molecule has 1 N–H and O–H groups in total. The molecule has 122 valence electrons. The van der Waals surface area contributed by atoms with Crippen molar-refractivity contribution in [1.82, 2.24) is 0 Å². The van der Waals surface area contributed by atoms with E-state index in [0.717, 1.165) is 24.3 Å². The van der Waals surface area contributed by atoms with E-state index in [0.29, 0.717) is 6.54 Å². The van der Waals surface area contributed by atoms with Gasteiger partial charge in [0.15, 0.2) is 11.5 Å². The van der Waals surface area contributed by atoms with Crippen LogP contribution in [-0.2, 0) is 11.8 Å². The number of aliphatic hydroxyl groups is 1. The van der Waals surface area contributed by atoms with E-state index in [1.165, 1.54) is 11.1 Å². The summed E-state index contributed by atoms with van der Waals surface area (Å²) in [5.74, 6) is 1.62. The average molecular weight is 315 g/mol. The molecule has 5 nitrogen and oxygen atoms in total. The number of hydroxylamine groups is 3. The van der Waals surface area contributed by atoms with Gasteiger partial charge in [0.05, 0.1) is 32.2 Å². The highest BCUT2D eigenvalue weighted by Gasteiger charge is 2.66. The minimum absolute atomic E-state index is 0.00885. The van der Waals surface area contributed by atoms with Crippen LogP contribution in [0, 0.1) is 11.1 Å². The monoisotopic (exact) mass is 315 g/mol. The molecule has 5 heteroatoms. The number of piperidine rings is 1. The molecular weight excluding hydrogens is 294 g/mol. The Labute approximate surface area is 135 Å². The molecule has 2 heterocycles. The first-order chi connectivity index (χ1) is 11.0. The van der Waals surface area contributed by atoms with E-state index in [1.807, 2.05) is 12.1 Å². The summed E-state index contributed by atoms with van der Waals surface area (Å²) >= 11 is 0. The second-order valence-corrected chi connectivity index (χ2v) is 7.53. The van der Waals surface area contributed by atoms with Gasteiger partial charge in [-0.1, -0.05) is 18.2 Å². The third-order valence-electron chi connectivity index (χ3n) is 6.58. The fourth-order valence-electron chi connectivity index (χ4n) is 5.54. The van der Waals surface area contributed by atoms with Crippen molar-refractivity contribution in [1.29, 1.82) is 0 Å². The van der Waals surface area contributed by atoms with Gasteiger partial charge in [0.2, 0.25) is 0 Å². The van der Waals surface area contributed by atoms with Crippen LogP contribution < -0.4 is 9.47 Å². The Hall–Kier alpha value is -1.56. The molecule has 1 fully saturated rings. The summed E-state index contributed by atoms with van der Waals surface area (Å²) in [4.78, 5) is 0. The van der Waals surface area contributed by atoms with Crippen LogP contribution in [0.25, 0.3) is 0 Å². The summed E-state index contributed by atoms with van der Waals surface area (Å²) < 4.78 is 11.5. The van der Waals surface area contributed by atoms with Gasteiger partial charge in [-0.25, -0.2) is 0 Å². The Balaban J connectivity index is 1.82. The maximum atomic E-state index is 13.0. The molecule has 6 unspecified atom stereocenters. The molecule has 6 atom stereocenters.